The van der Waals surface area contributed by atoms with Crippen molar-refractivity contribution in [2.24, 2.45) is 11.8 Å². The molecule has 2 aliphatic heterocycles. The van der Waals surface area contributed by atoms with Crippen molar-refractivity contribution in [1.29, 1.82) is 0 Å². The van der Waals surface area contributed by atoms with Crippen molar-refractivity contribution in [3.05, 3.63) is 41.6 Å². The highest BCUT2D eigenvalue weighted by molar-refractivity contribution is 6.12. The van der Waals surface area contributed by atoms with Crippen LogP contribution in [0.25, 0.3) is 11.0 Å². The minimum absolute atomic E-state index is 0.000265. The maximum Gasteiger partial charge on any atom is 0.253 e. The first-order valence-corrected chi connectivity index (χ1v) is 17.3. The number of rotatable bonds is 13. The lowest BCUT2D eigenvalue weighted by atomic mass is 9.81. The zero-order chi connectivity index (χ0) is 34.5. The molecule has 2 fully saturated rings. The van der Waals surface area contributed by atoms with Gasteiger partial charge in [-0.1, -0.05) is 19.4 Å². The normalized spacial score (nSPS) is 20.0. The minimum Gasteiger partial charge on any atom is -0.496 e. The second-order valence-electron chi connectivity index (χ2n) is 13.1. The predicted molar refractivity (Wildman–Crippen MR) is 185 cm³/mol. The molecule has 3 N–H and O–H groups in total. The zero-order valence-corrected chi connectivity index (χ0v) is 28.7. The maximum atomic E-state index is 13.5. The molecule has 3 amide bonds. The Morgan fingerprint density at radius 3 is 2.39 bits per heavy atom. The summed E-state index contributed by atoms with van der Waals surface area (Å²) in [5.74, 6) is 2.27. The number of methoxy groups -OCH3 is 2. The van der Waals surface area contributed by atoms with E-state index < -0.39 is 0 Å². The van der Waals surface area contributed by atoms with Crippen LogP contribution in [0.1, 0.15) is 56.6 Å². The summed E-state index contributed by atoms with van der Waals surface area (Å²) in [6.07, 6.45) is 9.87. The number of benzene rings is 1. The number of piperazine rings is 1. The lowest BCUT2D eigenvalue weighted by Crippen LogP contribution is -2.50. The van der Waals surface area contributed by atoms with Crippen LogP contribution in [0, 0.1) is 11.8 Å². The number of ether oxygens (including phenoxy) is 2. The van der Waals surface area contributed by atoms with Gasteiger partial charge in [0.05, 0.1) is 32.5 Å². The highest BCUT2D eigenvalue weighted by Gasteiger charge is 2.34. The summed E-state index contributed by atoms with van der Waals surface area (Å²) in [7, 11) is 3.32. The Labute approximate surface area is 286 Å². The SMILES string of the molecule is CCCCNc1nc(N)nc2cn(Cc3c(OC)ccc(CN4CCN(C(=O)C5CCC(CN6C(=O)C=CC6=O)CC5)CC4)c3OC)nc12. The van der Waals surface area contributed by atoms with Gasteiger partial charge in [0.15, 0.2) is 11.3 Å². The number of imide groups is 1. The minimum atomic E-state index is -0.234. The molecule has 1 saturated heterocycles. The van der Waals surface area contributed by atoms with Gasteiger partial charge in [0.2, 0.25) is 11.9 Å². The standard InChI is InChI=1S/C35H47N9O5/c1-4-5-14-37-33-31-27(38-35(36)39-33)22-43(40-31)21-26-28(48-2)11-10-25(32(26)49-3)20-41-15-17-42(18-16-41)34(47)24-8-6-23(7-9-24)19-44-29(45)12-13-30(44)46/h10-13,22-24H,4-9,14-21H2,1-3H3,(H3,36,37,38,39). The Morgan fingerprint density at radius 1 is 0.980 bits per heavy atom. The van der Waals surface area contributed by atoms with Crippen LogP contribution in [0.5, 0.6) is 11.5 Å². The molecule has 6 rings (SSSR count). The molecule has 3 aromatic rings. The third-order valence-electron chi connectivity index (χ3n) is 9.91. The molecule has 262 valence electrons. The van der Waals surface area contributed by atoms with E-state index in [0.29, 0.717) is 55.3 Å². The van der Waals surface area contributed by atoms with E-state index in [1.165, 1.54) is 17.1 Å². The first-order valence-electron chi connectivity index (χ1n) is 17.3. The second kappa shape index (κ2) is 15.2. The number of hydrogen-bond donors (Lipinski definition) is 2. The number of fused-ring (bicyclic) bond motifs is 1. The second-order valence-corrected chi connectivity index (χ2v) is 13.1. The quantitative estimate of drug-likeness (QED) is 0.203. The summed E-state index contributed by atoms with van der Waals surface area (Å²) in [6, 6.07) is 4.01. The highest BCUT2D eigenvalue weighted by atomic mass is 16.5. The van der Waals surface area contributed by atoms with Crippen molar-refractivity contribution < 1.29 is 23.9 Å². The average Bonchev–Trinajstić information content (AvgIpc) is 3.66. The Kier molecular flexibility index (Phi) is 10.6. The fourth-order valence-electron chi connectivity index (χ4n) is 7.19. The predicted octanol–water partition coefficient (Wildman–Crippen LogP) is 3.06. The van der Waals surface area contributed by atoms with Gasteiger partial charge in [-0.3, -0.25) is 28.9 Å². The summed E-state index contributed by atoms with van der Waals surface area (Å²) < 4.78 is 13.6. The van der Waals surface area contributed by atoms with Gasteiger partial charge in [0.25, 0.3) is 11.8 Å². The molecule has 3 aliphatic rings. The van der Waals surface area contributed by atoms with Crippen molar-refractivity contribution in [3.8, 4) is 11.5 Å². The first kappa shape index (κ1) is 34.2. The molecule has 0 spiro atoms. The number of anilines is 2. The largest absolute Gasteiger partial charge is 0.496 e. The molecule has 0 radical (unpaired) electrons. The highest BCUT2D eigenvalue weighted by Crippen LogP contribution is 2.35. The topological polar surface area (TPSA) is 161 Å². The van der Waals surface area contributed by atoms with Gasteiger partial charge in [-0.05, 0) is 44.1 Å². The van der Waals surface area contributed by atoms with Gasteiger partial charge in [-0.15, -0.1) is 0 Å². The van der Waals surface area contributed by atoms with Crippen LogP contribution in [0.2, 0.25) is 0 Å². The van der Waals surface area contributed by atoms with E-state index >= 15 is 0 Å². The number of nitrogen functional groups attached to an aromatic ring is 1. The molecular formula is C35H47N9O5. The number of unbranched alkanes of at least 4 members (excludes halogenated alkanes) is 1. The maximum absolute atomic E-state index is 13.5. The number of carbonyl (C=O) groups is 3. The van der Waals surface area contributed by atoms with Crippen molar-refractivity contribution >= 4 is 40.5 Å². The van der Waals surface area contributed by atoms with Crippen LogP contribution in [0.3, 0.4) is 0 Å². The number of hydrogen-bond acceptors (Lipinski definition) is 11. The summed E-state index contributed by atoms with van der Waals surface area (Å²) >= 11 is 0. The van der Waals surface area contributed by atoms with E-state index in [1.54, 1.807) is 14.2 Å². The molecule has 14 nitrogen and oxygen atoms in total. The lowest BCUT2D eigenvalue weighted by molar-refractivity contribution is -0.141. The zero-order valence-electron chi connectivity index (χ0n) is 28.7. The summed E-state index contributed by atoms with van der Waals surface area (Å²) in [6.45, 7) is 7.29. The van der Waals surface area contributed by atoms with Gasteiger partial charge in [0.1, 0.15) is 17.0 Å². The van der Waals surface area contributed by atoms with E-state index in [4.69, 9.17) is 20.3 Å². The number of carbonyl (C=O) groups excluding carboxylic acids is 3. The van der Waals surface area contributed by atoms with Gasteiger partial charge in [-0.2, -0.15) is 10.1 Å². The third kappa shape index (κ3) is 7.64. The molecule has 49 heavy (non-hydrogen) atoms. The summed E-state index contributed by atoms with van der Waals surface area (Å²) in [5, 5.41) is 8.14. The van der Waals surface area contributed by atoms with Crippen LogP contribution < -0.4 is 20.5 Å². The van der Waals surface area contributed by atoms with Crippen LogP contribution in [-0.2, 0) is 27.5 Å². The number of nitrogens with zero attached hydrogens (tertiary/aromatic N) is 7. The van der Waals surface area contributed by atoms with Crippen molar-refractivity contribution in [2.75, 3.05) is 64.5 Å². The van der Waals surface area contributed by atoms with Crippen LogP contribution in [-0.4, -0.2) is 106 Å². The number of aromatic nitrogens is 4. The third-order valence-corrected chi connectivity index (χ3v) is 9.91. The number of nitrogens with one attached hydrogen (secondary N) is 1. The molecule has 0 unspecified atom stereocenters. The van der Waals surface area contributed by atoms with E-state index in [1.807, 2.05) is 27.9 Å². The Hall–Kier alpha value is -4.72. The van der Waals surface area contributed by atoms with Gasteiger partial charge >= 0.3 is 0 Å². The first-order chi connectivity index (χ1) is 23.8. The summed E-state index contributed by atoms with van der Waals surface area (Å²) in [4.78, 5) is 51.8. The Morgan fingerprint density at radius 2 is 1.71 bits per heavy atom. The van der Waals surface area contributed by atoms with Gasteiger partial charge in [-0.25, -0.2) is 4.98 Å². The van der Waals surface area contributed by atoms with E-state index in [0.717, 1.165) is 75.0 Å². The molecule has 1 saturated carbocycles. The van der Waals surface area contributed by atoms with Crippen LogP contribution in [0.15, 0.2) is 30.5 Å². The van der Waals surface area contributed by atoms with Crippen LogP contribution in [0.4, 0.5) is 11.8 Å². The van der Waals surface area contributed by atoms with E-state index in [9.17, 15) is 14.4 Å². The lowest BCUT2D eigenvalue weighted by Gasteiger charge is -2.38. The molecule has 1 aliphatic carbocycles. The van der Waals surface area contributed by atoms with E-state index in [-0.39, 0.29) is 35.5 Å². The van der Waals surface area contributed by atoms with Gasteiger partial charge < -0.3 is 25.4 Å². The van der Waals surface area contributed by atoms with Gasteiger partial charge in [0, 0.05) is 69.4 Å². The fourth-order valence-corrected chi connectivity index (χ4v) is 7.19. The molecule has 2 aromatic heterocycles. The van der Waals surface area contributed by atoms with Crippen molar-refractivity contribution in [2.45, 2.75) is 58.5 Å². The van der Waals surface area contributed by atoms with Crippen LogP contribution >= 0.6 is 0 Å². The summed E-state index contributed by atoms with van der Waals surface area (Å²) in [5.41, 5.74) is 9.23. The van der Waals surface area contributed by atoms with E-state index in [2.05, 4.69) is 27.1 Å². The Balaban J connectivity index is 1.07. The Bertz CT molecular complexity index is 1690. The van der Waals surface area contributed by atoms with Crippen molar-refractivity contribution in [3.63, 3.8) is 0 Å². The molecule has 0 bridgehead atoms. The fraction of sp³-hybridized carbons (Fsp3) is 0.543. The molecule has 4 heterocycles. The van der Waals surface area contributed by atoms with Crippen molar-refractivity contribution in [1.82, 2.24) is 34.4 Å². The smallest absolute Gasteiger partial charge is 0.253 e. The molecular weight excluding hydrogens is 626 g/mol. The number of nitrogens with two attached hydrogens (primary N) is 1. The molecule has 1 aromatic carbocycles. The number of amides is 3. The molecule has 0 atom stereocenters. The molecule has 14 heteroatoms. The average molecular weight is 674 g/mol. The monoisotopic (exact) mass is 673 g/mol.